The standard InChI is InChI=1S/C46H51NO9.C26H51NO9.20H2/c1-3-5-7-9-11-13-15-17-18-19-20-21-22-23-25-27-29-31-33-35-41(50)47-38(37-55-46-45(54)44(53)43(52)40(36-48)56-46)42(51)39(49)34-32-30-28-26-24-16-14-12-10-8-6-4-2;1-3-4-5-6-7-8-9-10-11-12-13-14-15-20(35-18(2)29)22(30)19(27)17-34-26-25(33)24(32)23(31)21(16-28)36-26;;;;;;;;;;;;;;;;;;;;/h38-40,42-46,48-49,51-54H,4,6,8,10,12,14,16,24,26,28,30,32,34,36-37H2,1-2H3,(H,47,50);19-26,28,30-33H,3-17,27H2,1-2H3;20*1H/t38-,39+,40?,42-,43-,44-,45?,46-;19-,20+,21?,22-,23-,24-,25?,26-;;;;;;;;;;;;;;;;;;;;/m00..................../s1. The van der Waals surface area contributed by atoms with E-state index < -0.39 is 130 Å². The highest BCUT2D eigenvalue weighted by Crippen LogP contribution is 2.25. The minimum atomic E-state index is -1.70. The summed E-state index contributed by atoms with van der Waals surface area (Å²) in [6.07, 6.45) is 9.37. The normalized spacial score (nSPS) is 22.0. The van der Waals surface area contributed by atoms with Crippen LogP contribution >= 0.6 is 0 Å². The average molecular weight is 1320 g/mol. The SMILES string of the molecule is CC#CC#CC#CC#CC#CC#CC#CC#CC#CC#CC(=O)N[C@@H](CO[C@H]1OC(CO)[C@H](O)[C@H](O)C1O)[C@H](O)[C@H](O)CCCCCCCCCCCCCC.CCCCCCCCCCCCCC[C@@H](OC(C)=O)[C@@H](O)[C@@H](N)CO[C@H]1OC(CO)[C@H](O)[C@H](O)C1O.[HH].[HH].[HH].[HH].[HH].[HH].[HH].[HH].[HH].[HH].[HH].[HH].[HH].[HH].[HH].[HH].[HH].[HH].[HH].[HH]. The first kappa shape index (κ1) is 83.9. The highest BCUT2D eigenvalue weighted by Gasteiger charge is 2.46. The van der Waals surface area contributed by atoms with Gasteiger partial charge in [-0.25, -0.2) is 0 Å². The van der Waals surface area contributed by atoms with Crippen LogP contribution in [0.4, 0.5) is 0 Å². The molecule has 1 amide bonds. The van der Waals surface area contributed by atoms with Gasteiger partial charge in [-0.1, -0.05) is 167 Å². The number of nitrogens with one attached hydrogen (secondary N) is 1. The molecule has 16 atom stereocenters. The third-order valence-corrected chi connectivity index (χ3v) is 14.9. The van der Waals surface area contributed by atoms with E-state index >= 15 is 0 Å². The van der Waals surface area contributed by atoms with Crippen molar-refractivity contribution < 1.29 is 118 Å². The van der Waals surface area contributed by atoms with Crippen molar-refractivity contribution in [2.45, 2.75) is 293 Å². The third kappa shape index (κ3) is 39.4. The highest BCUT2D eigenvalue weighted by atomic mass is 16.7. The second-order valence-electron chi connectivity index (χ2n) is 22.5. The summed E-state index contributed by atoms with van der Waals surface area (Å²) in [5.41, 5.74) is 6.06. The van der Waals surface area contributed by atoms with Crippen LogP contribution in [0.25, 0.3) is 0 Å². The zero-order chi connectivity index (χ0) is 68.0. The Balaban J connectivity index is -0.0000000753. The van der Waals surface area contributed by atoms with Crippen molar-refractivity contribution in [3.8, 4) is 118 Å². The predicted molar refractivity (Wildman–Crippen MR) is 390 cm³/mol. The van der Waals surface area contributed by atoms with Crippen molar-refractivity contribution >= 4 is 11.9 Å². The lowest BCUT2D eigenvalue weighted by Crippen LogP contribution is -2.60. The molecule has 2 rings (SSSR count). The Hall–Kier alpha value is -6.10. The maximum atomic E-state index is 12.6. The molecule has 0 radical (unpaired) electrons. The Labute approximate surface area is 577 Å². The number of carbonyl (C=O) groups excluding carboxylic acids is 2. The molecule has 2 heterocycles. The minimum Gasteiger partial charge on any atom is -0.460 e. The molecule has 0 saturated carbocycles. The molecule has 4 unspecified atom stereocenters. The molecule has 14 N–H and O–H groups in total. The summed E-state index contributed by atoms with van der Waals surface area (Å²) >= 11 is 0. The first-order chi connectivity index (χ1) is 44.5. The molecule has 20 heteroatoms. The fraction of sp³-hybridized carbons (Fsp3) is 0.694. The van der Waals surface area contributed by atoms with E-state index in [4.69, 9.17) is 29.4 Å². The number of aliphatic hydroxyl groups excluding tert-OH is 11. The maximum Gasteiger partial charge on any atom is 0.302 e. The lowest BCUT2D eigenvalue weighted by atomic mass is 9.98. The van der Waals surface area contributed by atoms with Gasteiger partial charge in [0.2, 0.25) is 0 Å². The first-order valence-corrected chi connectivity index (χ1v) is 32.5. The number of rotatable bonds is 40. The van der Waals surface area contributed by atoms with Gasteiger partial charge >= 0.3 is 5.97 Å². The Morgan fingerprint density at radius 3 is 1.16 bits per heavy atom. The van der Waals surface area contributed by atoms with Crippen LogP contribution in [0.5, 0.6) is 0 Å². The largest absolute Gasteiger partial charge is 0.460 e. The summed E-state index contributed by atoms with van der Waals surface area (Å²) in [5.74, 6) is 47.9. The van der Waals surface area contributed by atoms with E-state index in [9.17, 15) is 65.8 Å². The van der Waals surface area contributed by atoms with Gasteiger partial charge in [0.25, 0.3) is 5.91 Å². The van der Waals surface area contributed by atoms with Crippen LogP contribution in [0.1, 0.15) is 223 Å². The molecular formula is C72H142N2O18. The minimum absolute atomic E-state index is 0. The molecule has 20 nitrogen and oxygen atoms in total. The monoisotopic (exact) mass is 1320 g/mol. The molecular weight excluding hydrogens is 1180 g/mol. The summed E-state index contributed by atoms with van der Waals surface area (Å²) < 4.78 is 26.9. The van der Waals surface area contributed by atoms with Crippen LogP contribution in [0.2, 0.25) is 0 Å². The summed E-state index contributed by atoms with van der Waals surface area (Å²) in [4.78, 5) is 24.2. The number of hydrogen-bond donors (Lipinski definition) is 13. The highest BCUT2D eigenvalue weighted by molar-refractivity contribution is 5.94. The molecule has 0 aromatic rings. The first-order valence-electron chi connectivity index (χ1n) is 32.5. The summed E-state index contributed by atoms with van der Waals surface area (Å²) in [5, 5.41) is 114. The van der Waals surface area contributed by atoms with Gasteiger partial charge in [0, 0.05) is 53.2 Å². The average Bonchev–Trinajstić information content (AvgIpc) is 0.824. The Morgan fingerprint density at radius 1 is 0.467 bits per heavy atom. The van der Waals surface area contributed by atoms with Gasteiger partial charge in [-0.3, -0.25) is 9.59 Å². The van der Waals surface area contributed by atoms with Crippen LogP contribution in [0.3, 0.4) is 0 Å². The Kier molecular flexibility index (Phi) is 50.5. The van der Waals surface area contributed by atoms with Crippen molar-refractivity contribution in [1.82, 2.24) is 5.32 Å². The fourth-order valence-electron chi connectivity index (χ4n) is 9.60. The van der Waals surface area contributed by atoms with E-state index in [0.29, 0.717) is 12.8 Å². The van der Waals surface area contributed by atoms with Crippen LogP contribution in [-0.2, 0) is 33.3 Å². The summed E-state index contributed by atoms with van der Waals surface area (Å²) in [6.45, 7) is 5.40. The molecule has 2 aliphatic heterocycles. The molecule has 0 bridgehead atoms. The van der Waals surface area contributed by atoms with E-state index in [0.717, 1.165) is 38.5 Å². The molecule has 0 aromatic heterocycles. The predicted octanol–water partition coefficient (Wildman–Crippen LogP) is 7.59. The van der Waals surface area contributed by atoms with Gasteiger partial charge in [-0.05, 0) is 121 Å². The van der Waals surface area contributed by atoms with Crippen LogP contribution < -0.4 is 11.1 Å². The van der Waals surface area contributed by atoms with Crippen molar-refractivity contribution in [3.63, 3.8) is 0 Å². The molecule has 2 aliphatic rings. The van der Waals surface area contributed by atoms with Crippen LogP contribution in [0.15, 0.2) is 0 Å². The lowest BCUT2D eigenvalue weighted by molar-refractivity contribution is -0.303. The number of nitrogens with two attached hydrogens (primary N) is 1. The van der Waals surface area contributed by atoms with Crippen molar-refractivity contribution in [2.24, 2.45) is 5.73 Å². The van der Waals surface area contributed by atoms with Crippen molar-refractivity contribution in [2.75, 3.05) is 26.4 Å². The molecule has 0 spiro atoms. The number of carbonyl (C=O) groups is 2. The third-order valence-electron chi connectivity index (χ3n) is 14.9. The molecule has 548 valence electrons. The second kappa shape index (κ2) is 55.4. The molecule has 92 heavy (non-hydrogen) atoms. The van der Waals surface area contributed by atoms with Crippen molar-refractivity contribution in [1.29, 1.82) is 0 Å². The Morgan fingerprint density at radius 2 is 0.804 bits per heavy atom. The topological polar surface area (TPSA) is 341 Å². The van der Waals surface area contributed by atoms with E-state index in [1.807, 2.05) is 0 Å². The smallest absolute Gasteiger partial charge is 0.302 e. The van der Waals surface area contributed by atoms with Crippen molar-refractivity contribution in [3.05, 3.63) is 0 Å². The van der Waals surface area contributed by atoms with Gasteiger partial charge in [0.1, 0.15) is 67.1 Å². The van der Waals surface area contributed by atoms with E-state index in [1.54, 1.807) is 6.92 Å². The molecule has 2 saturated heterocycles. The summed E-state index contributed by atoms with van der Waals surface area (Å²) in [6, 6.07) is -2.18. The molecule has 0 aliphatic carbocycles. The number of esters is 1. The van der Waals surface area contributed by atoms with Gasteiger partial charge in [0.15, 0.2) is 12.6 Å². The quantitative estimate of drug-likeness (QED) is 0.0160. The van der Waals surface area contributed by atoms with E-state index in [2.05, 4.69) is 138 Å². The van der Waals surface area contributed by atoms with Crippen LogP contribution in [-0.4, -0.2) is 192 Å². The fourth-order valence-corrected chi connectivity index (χ4v) is 9.60. The van der Waals surface area contributed by atoms with Gasteiger partial charge < -0.3 is 90.9 Å². The van der Waals surface area contributed by atoms with Gasteiger partial charge in [-0.2, -0.15) is 0 Å². The number of hydrogen-bond acceptors (Lipinski definition) is 19. The maximum absolute atomic E-state index is 12.6. The summed E-state index contributed by atoms with van der Waals surface area (Å²) in [7, 11) is 0. The molecule has 0 aromatic carbocycles. The lowest BCUT2D eigenvalue weighted by Gasteiger charge is -2.40. The Bertz CT molecular complexity index is 2800. The number of ether oxygens (including phenoxy) is 5. The van der Waals surface area contributed by atoms with Crippen LogP contribution in [0, 0.1) is 118 Å². The number of unbranched alkanes of at least 4 members (excludes halogenated alkanes) is 22. The van der Waals surface area contributed by atoms with Gasteiger partial charge in [0.05, 0.1) is 44.6 Å². The zero-order valence-corrected chi connectivity index (χ0v) is 54.3. The zero-order valence-electron chi connectivity index (χ0n) is 54.3. The van der Waals surface area contributed by atoms with E-state index in [1.165, 1.54) is 116 Å². The van der Waals surface area contributed by atoms with Gasteiger partial charge in [-0.15, -0.1) is 0 Å². The number of amides is 1. The second-order valence-corrected chi connectivity index (χ2v) is 22.5. The molecule has 2 fully saturated rings. The number of aliphatic hydroxyl groups is 11. The van der Waals surface area contributed by atoms with E-state index in [-0.39, 0.29) is 41.6 Å².